The van der Waals surface area contributed by atoms with Crippen molar-refractivity contribution in [2.45, 2.75) is 25.3 Å². The minimum atomic E-state index is -0.299. The second-order valence-corrected chi connectivity index (χ2v) is 3.42. The van der Waals surface area contributed by atoms with E-state index in [4.69, 9.17) is 5.73 Å². The van der Waals surface area contributed by atoms with E-state index in [1.54, 1.807) is 0 Å². The highest BCUT2D eigenvalue weighted by Crippen LogP contribution is 2.41. The van der Waals surface area contributed by atoms with Crippen LogP contribution in [0.25, 0.3) is 0 Å². The topological polar surface area (TPSA) is 64.9 Å². The molecule has 0 bridgehead atoms. The van der Waals surface area contributed by atoms with Crippen LogP contribution in [0.4, 0.5) is 0 Å². The number of hydrogen-bond acceptors (Lipinski definition) is 4. The Morgan fingerprint density at radius 2 is 2.45 bits per heavy atom. The van der Waals surface area contributed by atoms with Gasteiger partial charge in [-0.25, -0.2) is 0 Å². The van der Waals surface area contributed by atoms with Crippen molar-refractivity contribution in [3.63, 3.8) is 0 Å². The van der Waals surface area contributed by atoms with E-state index in [0.717, 1.165) is 12.8 Å². The van der Waals surface area contributed by atoms with Gasteiger partial charge in [0.2, 0.25) is 6.39 Å². The molecule has 4 heteroatoms. The molecular formula is C7H11N3O. The van der Waals surface area contributed by atoms with Crippen molar-refractivity contribution < 1.29 is 4.52 Å². The summed E-state index contributed by atoms with van der Waals surface area (Å²) in [7, 11) is 0. The maximum Gasteiger partial charge on any atom is 0.213 e. The van der Waals surface area contributed by atoms with E-state index >= 15 is 0 Å². The molecule has 4 nitrogen and oxygen atoms in total. The normalized spacial score (nSPS) is 36.7. The number of hydrogen-bond donors (Lipinski definition) is 1. The van der Waals surface area contributed by atoms with Gasteiger partial charge in [-0.2, -0.15) is 4.98 Å². The lowest BCUT2D eigenvalue weighted by atomic mass is 9.69. The highest BCUT2D eigenvalue weighted by atomic mass is 16.5. The van der Waals surface area contributed by atoms with Crippen LogP contribution in [-0.4, -0.2) is 10.1 Å². The third-order valence-electron chi connectivity index (χ3n) is 2.23. The summed E-state index contributed by atoms with van der Waals surface area (Å²) in [5, 5.41) is 3.73. The van der Waals surface area contributed by atoms with Gasteiger partial charge in [-0.15, -0.1) is 0 Å². The molecule has 0 spiro atoms. The SMILES string of the molecule is CC1CC(N)(c2ncon2)C1. The summed E-state index contributed by atoms with van der Waals surface area (Å²) in [5.41, 5.74) is 5.67. The first-order valence-electron chi connectivity index (χ1n) is 3.76. The Balaban J connectivity index is 2.18. The van der Waals surface area contributed by atoms with Crippen LogP contribution >= 0.6 is 0 Å². The summed E-state index contributed by atoms with van der Waals surface area (Å²) in [4.78, 5) is 3.94. The van der Waals surface area contributed by atoms with Crippen LogP contribution in [-0.2, 0) is 5.54 Å². The van der Waals surface area contributed by atoms with E-state index in [-0.39, 0.29) is 5.54 Å². The summed E-state index contributed by atoms with van der Waals surface area (Å²) < 4.78 is 4.63. The number of rotatable bonds is 1. The van der Waals surface area contributed by atoms with Crippen LogP contribution in [0, 0.1) is 5.92 Å². The molecule has 0 saturated heterocycles. The third kappa shape index (κ3) is 0.939. The molecular weight excluding hydrogens is 142 g/mol. The van der Waals surface area contributed by atoms with E-state index < -0.39 is 0 Å². The molecule has 0 atom stereocenters. The van der Waals surface area contributed by atoms with Crippen LogP contribution in [0.5, 0.6) is 0 Å². The molecule has 2 N–H and O–H groups in total. The highest BCUT2D eigenvalue weighted by Gasteiger charge is 2.43. The third-order valence-corrected chi connectivity index (χ3v) is 2.23. The fourth-order valence-electron chi connectivity index (χ4n) is 1.76. The van der Waals surface area contributed by atoms with Gasteiger partial charge in [-0.1, -0.05) is 12.1 Å². The van der Waals surface area contributed by atoms with Gasteiger partial charge in [0.1, 0.15) is 0 Å². The second-order valence-electron chi connectivity index (χ2n) is 3.42. The zero-order valence-corrected chi connectivity index (χ0v) is 6.45. The summed E-state index contributed by atoms with van der Waals surface area (Å²) >= 11 is 0. The Morgan fingerprint density at radius 3 is 2.91 bits per heavy atom. The Labute approximate surface area is 64.8 Å². The quantitative estimate of drug-likeness (QED) is 0.643. The maximum absolute atomic E-state index is 5.97. The van der Waals surface area contributed by atoms with E-state index in [2.05, 4.69) is 21.6 Å². The molecule has 2 rings (SSSR count). The zero-order valence-electron chi connectivity index (χ0n) is 6.45. The van der Waals surface area contributed by atoms with Crippen LogP contribution in [0.3, 0.4) is 0 Å². The van der Waals surface area contributed by atoms with Crippen LogP contribution in [0.2, 0.25) is 0 Å². The van der Waals surface area contributed by atoms with Crippen molar-refractivity contribution in [1.29, 1.82) is 0 Å². The molecule has 0 amide bonds. The van der Waals surface area contributed by atoms with Gasteiger partial charge in [-0.05, 0) is 18.8 Å². The molecule has 1 heterocycles. The molecule has 0 aromatic carbocycles. The van der Waals surface area contributed by atoms with Gasteiger partial charge in [0.25, 0.3) is 0 Å². The standard InChI is InChI=1S/C7H11N3O/c1-5-2-7(8,3-5)6-9-4-11-10-6/h4-5H,2-3,8H2,1H3. The Hall–Kier alpha value is -0.900. The predicted molar refractivity (Wildman–Crippen MR) is 38.6 cm³/mol. The first kappa shape index (κ1) is 6.79. The van der Waals surface area contributed by atoms with Gasteiger partial charge in [-0.3, -0.25) is 0 Å². The van der Waals surface area contributed by atoms with Crippen LogP contribution in [0.15, 0.2) is 10.9 Å². The lowest BCUT2D eigenvalue weighted by Crippen LogP contribution is -2.48. The van der Waals surface area contributed by atoms with Gasteiger partial charge in [0, 0.05) is 0 Å². The van der Waals surface area contributed by atoms with Crippen molar-refractivity contribution in [2.75, 3.05) is 0 Å². The predicted octanol–water partition coefficient (Wildman–Crippen LogP) is 0.654. The summed E-state index contributed by atoms with van der Waals surface area (Å²) in [6.45, 7) is 2.17. The van der Waals surface area contributed by atoms with E-state index in [0.29, 0.717) is 11.7 Å². The molecule has 0 radical (unpaired) electrons. The summed E-state index contributed by atoms with van der Waals surface area (Å²) in [6, 6.07) is 0. The summed E-state index contributed by atoms with van der Waals surface area (Å²) in [5.74, 6) is 1.34. The van der Waals surface area contributed by atoms with Crippen molar-refractivity contribution in [3.8, 4) is 0 Å². The van der Waals surface area contributed by atoms with Crippen molar-refractivity contribution >= 4 is 0 Å². The zero-order chi connectivity index (χ0) is 7.90. The van der Waals surface area contributed by atoms with Crippen LogP contribution < -0.4 is 5.73 Å². The molecule has 1 aromatic heterocycles. The van der Waals surface area contributed by atoms with Gasteiger partial charge in [0.15, 0.2) is 5.82 Å². The molecule has 0 aliphatic heterocycles. The lowest BCUT2D eigenvalue weighted by Gasteiger charge is -2.40. The first-order chi connectivity index (χ1) is 5.21. The van der Waals surface area contributed by atoms with E-state index in [9.17, 15) is 0 Å². The van der Waals surface area contributed by atoms with Crippen molar-refractivity contribution in [1.82, 2.24) is 10.1 Å². The fraction of sp³-hybridized carbons (Fsp3) is 0.714. The molecule has 1 aromatic rings. The molecule has 0 unspecified atom stereocenters. The minimum absolute atomic E-state index is 0.299. The van der Waals surface area contributed by atoms with Crippen molar-refractivity contribution in [3.05, 3.63) is 12.2 Å². The second kappa shape index (κ2) is 2.04. The summed E-state index contributed by atoms with van der Waals surface area (Å²) in [6.07, 6.45) is 3.26. The molecule has 1 saturated carbocycles. The first-order valence-corrected chi connectivity index (χ1v) is 3.76. The van der Waals surface area contributed by atoms with Gasteiger partial charge in [0.05, 0.1) is 5.54 Å². The highest BCUT2D eigenvalue weighted by molar-refractivity contribution is 5.08. The number of nitrogens with two attached hydrogens (primary N) is 1. The van der Waals surface area contributed by atoms with Crippen molar-refractivity contribution in [2.24, 2.45) is 11.7 Å². The Morgan fingerprint density at radius 1 is 1.73 bits per heavy atom. The minimum Gasteiger partial charge on any atom is -0.343 e. The number of aromatic nitrogens is 2. The average molecular weight is 153 g/mol. The van der Waals surface area contributed by atoms with E-state index in [1.165, 1.54) is 6.39 Å². The smallest absolute Gasteiger partial charge is 0.213 e. The average Bonchev–Trinajstić information content (AvgIpc) is 2.34. The molecule has 1 aliphatic rings. The molecule has 60 valence electrons. The van der Waals surface area contributed by atoms with Gasteiger partial charge < -0.3 is 10.3 Å². The number of nitrogens with zero attached hydrogens (tertiary/aromatic N) is 2. The lowest BCUT2D eigenvalue weighted by molar-refractivity contribution is 0.149. The molecule has 11 heavy (non-hydrogen) atoms. The maximum atomic E-state index is 5.97. The Bertz CT molecular complexity index is 238. The largest absolute Gasteiger partial charge is 0.343 e. The van der Waals surface area contributed by atoms with Gasteiger partial charge >= 0.3 is 0 Å². The van der Waals surface area contributed by atoms with E-state index in [1.807, 2.05) is 0 Å². The molecule has 1 aliphatic carbocycles. The van der Waals surface area contributed by atoms with Crippen LogP contribution in [0.1, 0.15) is 25.6 Å². The Kier molecular flexibility index (Phi) is 1.26. The fourth-order valence-corrected chi connectivity index (χ4v) is 1.76. The molecule has 1 fully saturated rings. The monoisotopic (exact) mass is 153 g/mol.